The maximum Gasteiger partial charge on any atom is 0.136 e. The first-order valence-corrected chi connectivity index (χ1v) is 9.18. The molecule has 0 aliphatic heterocycles. The molecular weight excluding hydrogens is 358 g/mol. The Hall–Kier alpha value is -0.970. The van der Waals surface area contributed by atoms with Gasteiger partial charge in [-0.1, -0.05) is 29.8 Å². The second-order valence-corrected chi connectivity index (χ2v) is 7.98. The molecule has 1 unspecified atom stereocenters. The Morgan fingerprint density at radius 2 is 1.86 bits per heavy atom. The lowest BCUT2D eigenvalue weighted by Crippen LogP contribution is -2.20. The molecule has 0 spiro atoms. The molecular formula is C18H20BrNOS. The van der Waals surface area contributed by atoms with Crippen LogP contribution < -0.4 is 4.72 Å². The number of halogens is 1. The third-order valence-electron chi connectivity index (χ3n) is 3.61. The Labute approximate surface area is 143 Å². The summed E-state index contributed by atoms with van der Waals surface area (Å²) in [6.45, 7) is 6.74. The van der Waals surface area contributed by atoms with Crippen LogP contribution in [0.15, 0.2) is 50.2 Å². The van der Waals surface area contributed by atoms with Crippen molar-refractivity contribution < 1.29 is 4.42 Å². The van der Waals surface area contributed by atoms with Gasteiger partial charge < -0.3 is 4.42 Å². The van der Waals surface area contributed by atoms with Crippen LogP contribution in [0.2, 0.25) is 0 Å². The molecule has 1 atom stereocenters. The lowest BCUT2D eigenvalue weighted by atomic mass is 10.1. The van der Waals surface area contributed by atoms with Crippen molar-refractivity contribution in [3.63, 3.8) is 0 Å². The van der Waals surface area contributed by atoms with Crippen molar-refractivity contribution in [3.05, 3.63) is 40.9 Å². The van der Waals surface area contributed by atoms with Gasteiger partial charge >= 0.3 is 0 Å². The first-order chi connectivity index (χ1) is 10.5. The number of fused-ring (bicyclic) bond motifs is 3. The van der Waals surface area contributed by atoms with Gasteiger partial charge in [-0.15, -0.1) is 0 Å². The highest BCUT2D eigenvalue weighted by molar-refractivity contribution is 9.10. The molecule has 0 fully saturated rings. The second kappa shape index (κ2) is 6.65. The fourth-order valence-electron chi connectivity index (χ4n) is 2.72. The summed E-state index contributed by atoms with van der Waals surface area (Å²) in [7, 11) is 0. The van der Waals surface area contributed by atoms with Crippen molar-refractivity contribution in [1.82, 2.24) is 4.72 Å². The summed E-state index contributed by atoms with van der Waals surface area (Å²) >= 11 is 5.19. The van der Waals surface area contributed by atoms with Crippen molar-refractivity contribution in [2.24, 2.45) is 5.92 Å². The van der Waals surface area contributed by atoms with Gasteiger partial charge in [0, 0.05) is 26.2 Å². The molecule has 3 aromatic rings. The molecule has 3 rings (SSSR count). The molecule has 22 heavy (non-hydrogen) atoms. The number of furan rings is 1. The highest BCUT2D eigenvalue weighted by Gasteiger charge is 2.09. The van der Waals surface area contributed by atoms with Gasteiger partial charge in [0.25, 0.3) is 0 Å². The number of hydrogen-bond acceptors (Lipinski definition) is 3. The van der Waals surface area contributed by atoms with Crippen LogP contribution in [0.1, 0.15) is 27.2 Å². The van der Waals surface area contributed by atoms with Crippen LogP contribution in [0.3, 0.4) is 0 Å². The summed E-state index contributed by atoms with van der Waals surface area (Å²) in [4.78, 5) is 1.22. The Morgan fingerprint density at radius 1 is 1.05 bits per heavy atom. The van der Waals surface area contributed by atoms with Gasteiger partial charge in [0.15, 0.2) is 0 Å². The molecule has 0 bridgehead atoms. The smallest absolute Gasteiger partial charge is 0.136 e. The van der Waals surface area contributed by atoms with Crippen LogP contribution >= 0.6 is 27.9 Å². The van der Waals surface area contributed by atoms with Gasteiger partial charge in [-0.25, -0.2) is 0 Å². The van der Waals surface area contributed by atoms with E-state index in [0.29, 0.717) is 12.0 Å². The zero-order valence-corrected chi connectivity index (χ0v) is 15.4. The summed E-state index contributed by atoms with van der Waals surface area (Å²) in [5, 5.41) is 2.33. The Balaban J connectivity index is 1.84. The third kappa shape index (κ3) is 3.50. The molecule has 2 nitrogen and oxygen atoms in total. The maximum atomic E-state index is 5.91. The van der Waals surface area contributed by atoms with E-state index in [-0.39, 0.29) is 0 Å². The molecule has 116 valence electrons. The van der Waals surface area contributed by atoms with Gasteiger partial charge in [0.05, 0.1) is 0 Å². The highest BCUT2D eigenvalue weighted by atomic mass is 79.9. The monoisotopic (exact) mass is 377 g/mol. The molecule has 2 aromatic carbocycles. The Kier molecular flexibility index (Phi) is 4.81. The first-order valence-electron chi connectivity index (χ1n) is 7.57. The molecule has 1 aromatic heterocycles. The number of rotatable bonds is 5. The number of nitrogens with one attached hydrogen (secondary N) is 1. The van der Waals surface area contributed by atoms with E-state index in [9.17, 15) is 0 Å². The summed E-state index contributed by atoms with van der Waals surface area (Å²) in [5.74, 6) is 0.710. The zero-order valence-electron chi connectivity index (χ0n) is 13.0. The van der Waals surface area contributed by atoms with Crippen molar-refractivity contribution in [2.45, 2.75) is 38.1 Å². The lowest BCUT2D eigenvalue weighted by molar-refractivity contribution is 0.502. The van der Waals surface area contributed by atoms with Crippen LogP contribution in [0, 0.1) is 5.92 Å². The van der Waals surface area contributed by atoms with Crippen molar-refractivity contribution in [2.75, 3.05) is 0 Å². The van der Waals surface area contributed by atoms with Crippen molar-refractivity contribution in [1.29, 1.82) is 0 Å². The molecule has 1 heterocycles. The fraction of sp³-hybridized carbons (Fsp3) is 0.333. The molecule has 0 aliphatic rings. The Bertz CT molecular complexity index is 796. The zero-order chi connectivity index (χ0) is 15.7. The molecule has 0 amide bonds. The number of hydrogen-bond donors (Lipinski definition) is 1. The van der Waals surface area contributed by atoms with Crippen LogP contribution in [-0.2, 0) is 0 Å². The SMILES string of the molecule is CC(C)CC(C)NSc1ccc2oc3cc(Br)ccc3c2c1. The average Bonchev–Trinajstić information content (AvgIpc) is 2.81. The topological polar surface area (TPSA) is 25.2 Å². The van der Waals surface area contributed by atoms with Crippen LogP contribution in [0.4, 0.5) is 0 Å². The first kappa shape index (κ1) is 15.9. The van der Waals surface area contributed by atoms with E-state index in [1.54, 1.807) is 11.9 Å². The summed E-state index contributed by atoms with van der Waals surface area (Å²) in [6.07, 6.45) is 1.18. The van der Waals surface area contributed by atoms with E-state index in [1.165, 1.54) is 16.7 Å². The van der Waals surface area contributed by atoms with Crippen LogP contribution in [-0.4, -0.2) is 6.04 Å². The molecule has 0 saturated carbocycles. The van der Waals surface area contributed by atoms with E-state index in [0.717, 1.165) is 21.0 Å². The normalized spacial score (nSPS) is 13.3. The van der Waals surface area contributed by atoms with Crippen LogP contribution in [0.5, 0.6) is 0 Å². The minimum absolute atomic E-state index is 0.498. The van der Waals surface area contributed by atoms with Gasteiger partial charge in [0.2, 0.25) is 0 Å². The Morgan fingerprint density at radius 3 is 2.64 bits per heavy atom. The van der Waals surface area contributed by atoms with Gasteiger partial charge in [-0.2, -0.15) is 0 Å². The van der Waals surface area contributed by atoms with E-state index in [1.807, 2.05) is 6.07 Å². The molecule has 0 radical (unpaired) electrons. The molecule has 0 aliphatic carbocycles. The lowest BCUT2D eigenvalue weighted by Gasteiger charge is -2.14. The quantitative estimate of drug-likeness (QED) is 0.522. The van der Waals surface area contributed by atoms with E-state index < -0.39 is 0 Å². The van der Waals surface area contributed by atoms with E-state index in [2.05, 4.69) is 71.8 Å². The van der Waals surface area contributed by atoms with Crippen molar-refractivity contribution >= 4 is 49.8 Å². The highest BCUT2D eigenvalue weighted by Crippen LogP contribution is 2.33. The fourth-order valence-corrected chi connectivity index (χ4v) is 3.80. The van der Waals surface area contributed by atoms with Crippen molar-refractivity contribution in [3.8, 4) is 0 Å². The average molecular weight is 378 g/mol. The predicted molar refractivity (Wildman–Crippen MR) is 99.3 cm³/mol. The maximum absolute atomic E-state index is 5.91. The summed E-state index contributed by atoms with van der Waals surface area (Å²) in [5.41, 5.74) is 1.86. The number of benzene rings is 2. The third-order valence-corrected chi connectivity index (χ3v) is 5.11. The summed E-state index contributed by atoms with van der Waals surface area (Å²) < 4.78 is 10.5. The minimum atomic E-state index is 0.498. The second-order valence-electron chi connectivity index (χ2n) is 6.15. The van der Waals surface area contributed by atoms with E-state index >= 15 is 0 Å². The summed E-state index contributed by atoms with van der Waals surface area (Å²) in [6, 6.07) is 13.0. The standard InChI is InChI=1S/C18H20BrNOS/c1-11(2)8-12(3)20-22-14-5-7-17-16(10-14)15-6-4-13(19)9-18(15)21-17/h4-7,9-12,20H,8H2,1-3H3. The molecule has 4 heteroatoms. The molecule has 1 N–H and O–H groups in total. The van der Waals surface area contributed by atoms with Gasteiger partial charge in [-0.05, 0) is 67.6 Å². The largest absolute Gasteiger partial charge is 0.456 e. The van der Waals surface area contributed by atoms with Crippen LogP contribution in [0.25, 0.3) is 21.9 Å². The van der Waals surface area contributed by atoms with Gasteiger partial charge in [-0.3, -0.25) is 4.72 Å². The van der Waals surface area contributed by atoms with E-state index in [4.69, 9.17) is 4.42 Å². The van der Waals surface area contributed by atoms with Gasteiger partial charge in [0.1, 0.15) is 11.2 Å². The predicted octanol–water partition coefficient (Wildman–Crippen LogP) is 6.38. The minimum Gasteiger partial charge on any atom is -0.456 e. The molecule has 0 saturated heterocycles.